The molecule has 0 spiro atoms. The average Bonchev–Trinajstić information content (AvgIpc) is 2.78. The molecule has 0 saturated heterocycles. The molecule has 1 aromatic rings. The fourth-order valence-electron chi connectivity index (χ4n) is 1.14. The molecule has 7 heteroatoms. The van der Waals surface area contributed by atoms with Crippen LogP contribution in [0.15, 0.2) is 10.9 Å². The molecule has 0 unspecified atom stereocenters. The first-order valence-electron chi connectivity index (χ1n) is 5.42. The first-order chi connectivity index (χ1) is 8.33. The number of hydrogen-bond acceptors (Lipinski definition) is 4. The highest BCUT2D eigenvalue weighted by molar-refractivity contribution is 7.07. The van der Waals surface area contributed by atoms with Crippen molar-refractivity contribution in [2.24, 2.45) is 5.41 Å². The first-order valence-corrected chi connectivity index (χ1v) is 6.36. The van der Waals surface area contributed by atoms with E-state index in [0.717, 1.165) is 5.69 Å². The predicted octanol–water partition coefficient (Wildman–Crippen LogP) is 1.40. The van der Waals surface area contributed by atoms with Gasteiger partial charge < -0.3 is 15.3 Å². The lowest BCUT2D eigenvalue weighted by molar-refractivity contribution is -0.146. The number of thiazole rings is 1. The zero-order chi connectivity index (χ0) is 13.8. The van der Waals surface area contributed by atoms with Crippen molar-refractivity contribution in [2.75, 3.05) is 13.6 Å². The van der Waals surface area contributed by atoms with Crippen LogP contribution >= 0.6 is 11.3 Å². The maximum absolute atomic E-state index is 11.7. The van der Waals surface area contributed by atoms with Gasteiger partial charge in [0.25, 0.3) is 0 Å². The van der Waals surface area contributed by atoms with Crippen molar-refractivity contribution in [1.82, 2.24) is 15.2 Å². The van der Waals surface area contributed by atoms with E-state index in [2.05, 4.69) is 10.3 Å². The predicted molar refractivity (Wildman–Crippen MR) is 68.4 cm³/mol. The number of carbonyl (C=O) groups is 2. The van der Waals surface area contributed by atoms with E-state index in [0.29, 0.717) is 6.54 Å². The Morgan fingerprint density at radius 1 is 1.56 bits per heavy atom. The van der Waals surface area contributed by atoms with Crippen LogP contribution in [0.3, 0.4) is 0 Å². The lowest BCUT2D eigenvalue weighted by Crippen LogP contribution is -2.44. The van der Waals surface area contributed by atoms with E-state index in [4.69, 9.17) is 5.11 Å². The summed E-state index contributed by atoms with van der Waals surface area (Å²) >= 11 is 1.47. The number of aliphatic carboxylic acids is 1. The summed E-state index contributed by atoms with van der Waals surface area (Å²) in [7, 11) is 1.64. The first kappa shape index (κ1) is 14.4. The van der Waals surface area contributed by atoms with Gasteiger partial charge in [-0.1, -0.05) is 0 Å². The molecule has 2 N–H and O–H groups in total. The third kappa shape index (κ3) is 3.99. The Morgan fingerprint density at radius 3 is 2.72 bits per heavy atom. The molecular formula is C11H17N3O3S. The number of rotatable bonds is 5. The highest BCUT2D eigenvalue weighted by Gasteiger charge is 2.28. The van der Waals surface area contributed by atoms with Crippen LogP contribution in [0.2, 0.25) is 0 Å². The van der Waals surface area contributed by atoms with E-state index in [1.165, 1.54) is 16.2 Å². The van der Waals surface area contributed by atoms with Gasteiger partial charge in [0.15, 0.2) is 0 Å². The summed E-state index contributed by atoms with van der Waals surface area (Å²) in [5, 5.41) is 13.4. The van der Waals surface area contributed by atoms with Gasteiger partial charge >= 0.3 is 12.0 Å². The van der Waals surface area contributed by atoms with Crippen LogP contribution in [0.4, 0.5) is 4.79 Å². The van der Waals surface area contributed by atoms with Crippen LogP contribution in [0, 0.1) is 5.41 Å². The van der Waals surface area contributed by atoms with Gasteiger partial charge in [0.1, 0.15) is 0 Å². The second-order valence-electron chi connectivity index (χ2n) is 4.68. The molecule has 6 nitrogen and oxygen atoms in total. The largest absolute Gasteiger partial charge is 0.481 e. The molecule has 1 rings (SSSR count). The Balaban J connectivity index is 2.43. The van der Waals surface area contributed by atoms with Gasteiger partial charge in [0.2, 0.25) is 0 Å². The highest BCUT2D eigenvalue weighted by Crippen LogP contribution is 2.13. The molecule has 0 radical (unpaired) electrons. The van der Waals surface area contributed by atoms with Crippen molar-refractivity contribution in [3.8, 4) is 0 Å². The number of carbonyl (C=O) groups excluding carboxylic acids is 1. The van der Waals surface area contributed by atoms with Gasteiger partial charge in [-0.05, 0) is 13.8 Å². The van der Waals surface area contributed by atoms with E-state index in [9.17, 15) is 9.59 Å². The van der Waals surface area contributed by atoms with Crippen molar-refractivity contribution in [3.05, 3.63) is 16.6 Å². The van der Waals surface area contributed by atoms with Gasteiger partial charge in [-0.25, -0.2) is 9.78 Å². The Bertz CT molecular complexity index is 417. The number of amides is 2. The summed E-state index contributed by atoms with van der Waals surface area (Å²) < 4.78 is 0. The summed E-state index contributed by atoms with van der Waals surface area (Å²) in [5.74, 6) is -0.940. The molecule has 1 aromatic heterocycles. The van der Waals surface area contributed by atoms with Crippen molar-refractivity contribution >= 4 is 23.3 Å². The van der Waals surface area contributed by atoms with Crippen molar-refractivity contribution in [1.29, 1.82) is 0 Å². The highest BCUT2D eigenvalue weighted by atomic mass is 32.1. The molecule has 2 amide bonds. The molecule has 0 atom stereocenters. The smallest absolute Gasteiger partial charge is 0.317 e. The van der Waals surface area contributed by atoms with Crippen LogP contribution in [0.5, 0.6) is 0 Å². The standard InChI is InChI=1S/C11H17N3O3S/c1-11(2,9(15)16)6-12-10(17)14(3)4-8-5-18-7-13-8/h5,7H,4,6H2,1-3H3,(H,12,17)(H,15,16). The number of urea groups is 1. The number of nitrogens with one attached hydrogen (secondary N) is 1. The zero-order valence-corrected chi connectivity index (χ0v) is 11.5. The molecule has 0 aliphatic rings. The zero-order valence-electron chi connectivity index (χ0n) is 10.6. The van der Waals surface area contributed by atoms with E-state index in [-0.39, 0.29) is 12.6 Å². The normalized spacial score (nSPS) is 11.1. The lowest BCUT2D eigenvalue weighted by Gasteiger charge is -2.22. The SMILES string of the molecule is CN(Cc1cscn1)C(=O)NCC(C)(C)C(=O)O. The molecular weight excluding hydrogens is 254 g/mol. The van der Waals surface area contributed by atoms with E-state index in [1.54, 1.807) is 26.4 Å². The van der Waals surface area contributed by atoms with Gasteiger partial charge in [-0.15, -0.1) is 11.3 Å². The van der Waals surface area contributed by atoms with Crippen molar-refractivity contribution < 1.29 is 14.7 Å². The molecule has 0 bridgehead atoms. The van der Waals surface area contributed by atoms with Gasteiger partial charge in [0, 0.05) is 19.0 Å². The van der Waals surface area contributed by atoms with Crippen LogP contribution in [0.1, 0.15) is 19.5 Å². The number of carboxylic acid groups (broad SMARTS) is 1. The molecule has 0 fully saturated rings. The second kappa shape index (κ2) is 5.81. The van der Waals surface area contributed by atoms with Crippen molar-refractivity contribution in [2.45, 2.75) is 20.4 Å². The summed E-state index contributed by atoms with van der Waals surface area (Å²) in [6.07, 6.45) is 0. The summed E-state index contributed by atoms with van der Waals surface area (Å²) in [6, 6.07) is -0.308. The number of carboxylic acids is 1. The Hall–Kier alpha value is -1.63. The van der Waals surface area contributed by atoms with E-state index in [1.807, 2.05) is 5.38 Å². The minimum absolute atomic E-state index is 0.0859. The second-order valence-corrected chi connectivity index (χ2v) is 5.40. The van der Waals surface area contributed by atoms with Gasteiger partial charge in [-0.2, -0.15) is 0 Å². The third-order valence-electron chi connectivity index (χ3n) is 2.49. The minimum Gasteiger partial charge on any atom is -0.481 e. The number of aromatic nitrogens is 1. The van der Waals surface area contributed by atoms with Crippen LogP contribution < -0.4 is 5.32 Å². The monoisotopic (exact) mass is 271 g/mol. The van der Waals surface area contributed by atoms with Crippen LogP contribution in [0.25, 0.3) is 0 Å². The lowest BCUT2D eigenvalue weighted by atomic mass is 9.94. The Labute approximate surface area is 110 Å². The van der Waals surface area contributed by atoms with Gasteiger partial charge in [-0.3, -0.25) is 4.79 Å². The summed E-state index contributed by atoms with van der Waals surface area (Å²) in [5.41, 5.74) is 1.54. The summed E-state index contributed by atoms with van der Waals surface area (Å²) in [4.78, 5) is 28.2. The molecule has 0 aliphatic heterocycles. The van der Waals surface area contributed by atoms with Gasteiger partial charge in [0.05, 0.1) is 23.2 Å². The van der Waals surface area contributed by atoms with Crippen LogP contribution in [-0.2, 0) is 11.3 Å². The summed E-state index contributed by atoms with van der Waals surface area (Å²) in [6.45, 7) is 3.62. The maximum atomic E-state index is 11.7. The van der Waals surface area contributed by atoms with Crippen LogP contribution in [-0.4, -0.2) is 40.6 Å². The fraction of sp³-hybridized carbons (Fsp3) is 0.545. The number of hydrogen-bond donors (Lipinski definition) is 2. The topological polar surface area (TPSA) is 82.5 Å². The molecule has 1 heterocycles. The quantitative estimate of drug-likeness (QED) is 0.848. The molecule has 0 saturated carbocycles. The molecule has 0 aliphatic carbocycles. The minimum atomic E-state index is -0.975. The number of nitrogens with zero attached hydrogens (tertiary/aromatic N) is 2. The molecule has 0 aromatic carbocycles. The van der Waals surface area contributed by atoms with E-state index >= 15 is 0 Å². The Morgan fingerprint density at radius 2 is 2.22 bits per heavy atom. The van der Waals surface area contributed by atoms with Crippen molar-refractivity contribution in [3.63, 3.8) is 0 Å². The Kier molecular flexibility index (Phi) is 4.66. The van der Waals surface area contributed by atoms with E-state index < -0.39 is 11.4 Å². The average molecular weight is 271 g/mol. The molecule has 18 heavy (non-hydrogen) atoms. The third-order valence-corrected chi connectivity index (χ3v) is 3.13. The fourth-order valence-corrected chi connectivity index (χ4v) is 1.69. The maximum Gasteiger partial charge on any atom is 0.317 e. The molecule has 100 valence electrons.